The average Bonchev–Trinajstić information content (AvgIpc) is 3.11. The molecule has 0 spiro atoms. The van der Waals surface area contributed by atoms with Crippen molar-refractivity contribution in [3.8, 4) is 11.6 Å². The van der Waals surface area contributed by atoms with Crippen molar-refractivity contribution in [2.24, 2.45) is 0 Å². The van der Waals surface area contributed by atoms with Gasteiger partial charge in [-0.15, -0.1) is 0 Å². The van der Waals surface area contributed by atoms with Crippen LogP contribution in [0.15, 0.2) is 31.2 Å². The molecule has 1 aliphatic heterocycles. The Hall–Kier alpha value is -1.82. The molecular formula is C18H18Cl2N2O3. The third kappa shape index (κ3) is 4.24. The van der Waals surface area contributed by atoms with Gasteiger partial charge in [-0.25, -0.2) is 4.98 Å². The summed E-state index contributed by atoms with van der Waals surface area (Å²) >= 11 is 12.4. The highest BCUT2D eigenvalue weighted by Crippen LogP contribution is 2.33. The first-order valence-corrected chi connectivity index (χ1v) is 8.58. The molecule has 3 rings (SSSR count). The molecule has 25 heavy (non-hydrogen) atoms. The second-order valence-corrected chi connectivity index (χ2v) is 6.51. The molecule has 0 aromatic carbocycles. The Labute approximate surface area is 156 Å². The summed E-state index contributed by atoms with van der Waals surface area (Å²) in [5.74, 6) is 1.01. The number of hydrogen-bond donors (Lipinski definition) is 0. The summed E-state index contributed by atoms with van der Waals surface area (Å²) in [4.78, 5) is 8.28. The molecule has 3 heterocycles. The zero-order valence-electron chi connectivity index (χ0n) is 13.8. The third-order valence-electron chi connectivity index (χ3n) is 3.94. The lowest BCUT2D eigenvalue weighted by Gasteiger charge is -2.16. The van der Waals surface area contributed by atoms with E-state index in [0.29, 0.717) is 41.3 Å². The van der Waals surface area contributed by atoms with Crippen molar-refractivity contribution in [2.75, 3.05) is 20.3 Å². The monoisotopic (exact) mass is 380 g/mol. The van der Waals surface area contributed by atoms with Crippen molar-refractivity contribution < 1.29 is 14.2 Å². The van der Waals surface area contributed by atoms with Crippen LogP contribution >= 0.6 is 23.2 Å². The van der Waals surface area contributed by atoms with Gasteiger partial charge in [0.2, 0.25) is 0 Å². The minimum absolute atomic E-state index is 0.00306. The molecule has 1 atom stereocenters. The Kier molecular flexibility index (Phi) is 5.78. The first-order valence-electron chi connectivity index (χ1n) is 7.83. The molecule has 2 aromatic heterocycles. The highest BCUT2D eigenvalue weighted by Gasteiger charge is 2.20. The number of nitrogens with zero attached hydrogens (tertiary/aromatic N) is 2. The van der Waals surface area contributed by atoms with Crippen molar-refractivity contribution >= 4 is 28.8 Å². The fourth-order valence-electron chi connectivity index (χ4n) is 2.57. The van der Waals surface area contributed by atoms with E-state index in [4.69, 9.17) is 37.4 Å². The highest BCUT2D eigenvalue weighted by atomic mass is 35.5. The minimum Gasteiger partial charge on any atom is -0.482 e. The van der Waals surface area contributed by atoms with Crippen LogP contribution in [0.5, 0.6) is 11.6 Å². The molecule has 2 aromatic rings. The van der Waals surface area contributed by atoms with Gasteiger partial charge in [0.15, 0.2) is 5.75 Å². The molecule has 7 heteroatoms. The van der Waals surface area contributed by atoms with Gasteiger partial charge in [0.1, 0.15) is 6.10 Å². The van der Waals surface area contributed by atoms with Gasteiger partial charge >= 0.3 is 0 Å². The lowest BCUT2D eigenvalue weighted by molar-refractivity contribution is 0.138. The van der Waals surface area contributed by atoms with Crippen LogP contribution in [0.25, 0.3) is 5.57 Å². The van der Waals surface area contributed by atoms with E-state index in [9.17, 15) is 0 Å². The molecule has 0 saturated carbocycles. The number of hydrogen-bond acceptors (Lipinski definition) is 5. The largest absolute Gasteiger partial charge is 0.482 e. The number of rotatable bonds is 6. The molecule has 5 nitrogen and oxygen atoms in total. The van der Waals surface area contributed by atoms with Gasteiger partial charge < -0.3 is 14.2 Å². The Morgan fingerprint density at radius 2 is 2.08 bits per heavy atom. The van der Waals surface area contributed by atoms with E-state index in [2.05, 4.69) is 16.5 Å². The van der Waals surface area contributed by atoms with Crippen LogP contribution < -0.4 is 9.47 Å². The van der Waals surface area contributed by atoms with Crippen molar-refractivity contribution in [2.45, 2.75) is 18.9 Å². The summed E-state index contributed by atoms with van der Waals surface area (Å²) in [5, 5.41) is 1.02. The number of ether oxygens (including phenoxy) is 3. The van der Waals surface area contributed by atoms with Crippen molar-refractivity contribution in [1.82, 2.24) is 9.97 Å². The maximum atomic E-state index is 6.19. The zero-order chi connectivity index (χ0) is 17.8. The smallest absolute Gasteiger partial charge is 0.256 e. The summed E-state index contributed by atoms with van der Waals surface area (Å²) in [6.07, 6.45) is 6.16. The van der Waals surface area contributed by atoms with Crippen LogP contribution in [0.4, 0.5) is 0 Å². The fraction of sp³-hybridized carbons (Fsp3) is 0.333. The standard InChI is InChI=1S/C18H18Cl2N2O3/c1-11(5-14-15(19)8-21-9-16(14)20)12-6-17(18(23-2)22-7-12)25-13-3-4-24-10-13/h6-9,13H,1,3-5,10H2,2H3. The van der Waals surface area contributed by atoms with E-state index >= 15 is 0 Å². The van der Waals surface area contributed by atoms with Gasteiger partial charge in [-0.05, 0) is 22.8 Å². The van der Waals surface area contributed by atoms with Crippen LogP contribution in [0.3, 0.4) is 0 Å². The predicted molar refractivity (Wildman–Crippen MR) is 97.6 cm³/mol. The van der Waals surface area contributed by atoms with E-state index in [1.54, 1.807) is 25.7 Å². The lowest BCUT2D eigenvalue weighted by atomic mass is 10.0. The topological polar surface area (TPSA) is 53.5 Å². The third-order valence-corrected chi connectivity index (χ3v) is 4.60. The number of allylic oxidation sites excluding steroid dienone is 1. The second-order valence-electron chi connectivity index (χ2n) is 5.70. The summed E-state index contributed by atoms with van der Waals surface area (Å²) in [6.45, 7) is 5.40. The summed E-state index contributed by atoms with van der Waals surface area (Å²) in [5.41, 5.74) is 2.43. The molecular weight excluding hydrogens is 363 g/mol. The molecule has 132 valence electrons. The molecule has 0 aliphatic carbocycles. The van der Waals surface area contributed by atoms with Gasteiger partial charge in [0, 0.05) is 31.4 Å². The van der Waals surface area contributed by atoms with E-state index < -0.39 is 0 Å². The normalized spacial score (nSPS) is 16.7. The SMILES string of the molecule is C=C(Cc1c(Cl)cncc1Cl)c1cnc(OC)c(OC2CCOC2)c1. The number of halogens is 2. The fourth-order valence-corrected chi connectivity index (χ4v) is 3.07. The van der Waals surface area contributed by atoms with Gasteiger partial charge in [0.05, 0.1) is 30.4 Å². The van der Waals surface area contributed by atoms with Crippen LogP contribution in [0.2, 0.25) is 10.0 Å². The number of pyridine rings is 2. The van der Waals surface area contributed by atoms with E-state index in [-0.39, 0.29) is 6.10 Å². The van der Waals surface area contributed by atoms with Crippen LogP contribution in [0, 0.1) is 0 Å². The highest BCUT2D eigenvalue weighted by molar-refractivity contribution is 6.35. The van der Waals surface area contributed by atoms with Crippen LogP contribution in [0.1, 0.15) is 17.5 Å². The van der Waals surface area contributed by atoms with Crippen LogP contribution in [-0.4, -0.2) is 36.4 Å². The molecule has 0 radical (unpaired) electrons. The maximum Gasteiger partial charge on any atom is 0.256 e. The van der Waals surface area contributed by atoms with Crippen LogP contribution in [-0.2, 0) is 11.2 Å². The second kappa shape index (κ2) is 8.04. The van der Waals surface area contributed by atoms with E-state index in [1.165, 1.54) is 0 Å². The van der Waals surface area contributed by atoms with Crippen molar-refractivity contribution in [1.29, 1.82) is 0 Å². The van der Waals surface area contributed by atoms with Gasteiger partial charge in [-0.2, -0.15) is 0 Å². The summed E-state index contributed by atoms with van der Waals surface area (Å²) < 4.78 is 16.6. The minimum atomic E-state index is 0.00306. The van der Waals surface area contributed by atoms with Crippen molar-refractivity contribution in [3.05, 3.63) is 52.4 Å². The van der Waals surface area contributed by atoms with Gasteiger partial charge in [-0.1, -0.05) is 29.8 Å². The first-order chi connectivity index (χ1) is 12.1. The van der Waals surface area contributed by atoms with Gasteiger partial charge in [0.25, 0.3) is 5.88 Å². The Bertz CT molecular complexity index is 757. The summed E-state index contributed by atoms with van der Waals surface area (Å²) in [6, 6.07) is 1.87. The average molecular weight is 381 g/mol. The Morgan fingerprint density at radius 1 is 1.32 bits per heavy atom. The Morgan fingerprint density at radius 3 is 2.72 bits per heavy atom. The molecule has 1 fully saturated rings. The van der Waals surface area contributed by atoms with E-state index in [1.807, 2.05) is 6.07 Å². The molecule has 0 bridgehead atoms. The molecule has 1 unspecified atom stereocenters. The number of aromatic nitrogens is 2. The maximum absolute atomic E-state index is 6.19. The van der Waals surface area contributed by atoms with Crippen molar-refractivity contribution in [3.63, 3.8) is 0 Å². The number of methoxy groups -OCH3 is 1. The predicted octanol–water partition coefficient (Wildman–Crippen LogP) is 4.22. The van der Waals surface area contributed by atoms with E-state index in [0.717, 1.165) is 23.1 Å². The Balaban J connectivity index is 1.82. The molecule has 1 saturated heterocycles. The quantitative estimate of drug-likeness (QED) is 0.750. The lowest BCUT2D eigenvalue weighted by Crippen LogP contribution is -2.16. The molecule has 1 aliphatic rings. The molecule has 0 amide bonds. The first kappa shape index (κ1) is 18.0. The molecule has 0 N–H and O–H groups in total. The van der Waals surface area contributed by atoms with Gasteiger partial charge in [-0.3, -0.25) is 4.98 Å². The zero-order valence-corrected chi connectivity index (χ0v) is 15.3. The summed E-state index contributed by atoms with van der Waals surface area (Å²) in [7, 11) is 1.56.